The number of rotatable bonds is 4. The van der Waals surface area contributed by atoms with Crippen molar-refractivity contribution in [2.45, 2.75) is 19.9 Å². The van der Waals surface area contributed by atoms with Gasteiger partial charge in [-0.2, -0.15) is 0 Å². The third-order valence-corrected chi connectivity index (χ3v) is 2.29. The van der Waals surface area contributed by atoms with Crippen LogP contribution >= 0.6 is 0 Å². The highest BCUT2D eigenvalue weighted by Crippen LogP contribution is 2.06. The Kier molecular flexibility index (Phi) is 3.85. The minimum absolute atomic E-state index is 0.0181. The molecule has 0 aliphatic heterocycles. The summed E-state index contributed by atoms with van der Waals surface area (Å²) in [5.41, 5.74) is 6.07. The van der Waals surface area contributed by atoms with Gasteiger partial charge in [-0.05, 0) is 13.8 Å². The van der Waals surface area contributed by atoms with E-state index in [1.165, 1.54) is 0 Å². The molecule has 0 spiro atoms. The highest BCUT2D eigenvalue weighted by molar-refractivity contribution is 5.92. The van der Waals surface area contributed by atoms with E-state index in [2.05, 4.69) is 4.98 Å². The second-order valence-electron chi connectivity index (χ2n) is 3.77. The maximum absolute atomic E-state index is 12.1. The van der Waals surface area contributed by atoms with Crippen LogP contribution in [0, 0.1) is 0 Å². The molecule has 2 N–H and O–H groups in total. The van der Waals surface area contributed by atoms with Crippen LogP contribution in [0.2, 0.25) is 0 Å². The number of hydrogen-bond donors (Lipinski definition) is 1. The zero-order valence-electron chi connectivity index (χ0n) is 9.47. The van der Waals surface area contributed by atoms with Gasteiger partial charge in [0, 0.05) is 26.2 Å². The summed E-state index contributed by atoms with van der Waals surface area (Å²) in [6, 6.07) is 0.149. The van der Waals surface area contributed by atoms with Crippen LogP contribution in [0.15, 0.2) is 12.5 Å². The molecule has 0 saturated carbocycles. The van der Waals surface area contributed by atoms with Crippen molar-refractivity contribution in [3.8, 4) is 0 Å². The molecular weight excluding hydrogens is 192 g/mol. The molecule has 0 fully saturated rings. The highest BCUT2D eigenvalue weighted by atomic mass is 16.2. The van der Waals surface area contributed by atoms with E-state index in [1.807, 2.05) is 13.8 Å². The standard InChI is InChI=1S/C10H18N4O/c1-8(2)14(5-4-11)10(15)9-6-12-7-13(9)3/h6-8H,4-5,11H2,1-3H3. The molecule has 84 valence electrons. The number of imidazole rings is 1. The number of amides is 1. The van der Waals surface area contributed by atoms with Gasteiger partial charge in [-0.3, -0.25) is 4.79 Å². The topological polar surface area (TPSA) is 64.2 Å². The van der Waals surface area contributed by atoms with Crippen LogP contribution in [0.5, 0.6) is 0 Å². The van der Waals surface area contributed by atoms with Gasteiger partial charge in [0.1, 0.15) is 5.69 Å². The van der Waals surface area contributed by atoms with Crippen molar-refractivity contribution < 1.29 is 4.79 Å². The van der Waals surface area contributed by atoms with Gasteiger partial charge in [0.05, 0.1) is 12.5 Å². The second kappa shape index (κ2) is 4.93. The lowest BCUT2D eigenvalue weighted by atomic mass is 10.2. The SMILES string of the molecule is CC(C)N(CCN)C(=O)c1cncn1C. The molecule has 5 heteroatoms. The number of nitrogens with two attached hydrogens (primary N) is 1. The van der Waals surface area contributed by atoms with Crippen LogP contribution in [-0.4, -0.2) is 39.5 Å². The molecule has 1 rings (SSSR count). The average Bonchev–Trinajstić information content (AvgIpc) is 2.59. The van der Waals surface area contributed by atoms with Gasteiger partial charge < -0.3 is 15.2 Å². The van der Waals surface area contributed by atoms with E-state index in [-0.39, 0.29) is 11.9 Å². The molecule has 0 atom stereocenters. The van der Waals surface area contributed by atoms with Crippen molar-refractivity contribution in [3.63, 3.8) is 0 Å². The number of nitrogens with zero attached hydrogens (tertiary/aromatic N) is 3. The zero-order chi connectivity index (χ0) is 11.4. The lowest BCUT2D eigenvalue weighted by molar-refractivity contribution is 0.0702. The molecule has 0 aliphatic carbocycles. The van der Waals surface area contributed by atoms with Crippen molar-refractivity contribution in [2.24, 2.45) is 12.8 Å². The van der Waals surface area contributed by atoms with E-state index in [9.17, 15) is 4.79 Å². The van der Waals surface area contributed by atoms with E-state index in [1.54, 1.807) is 29.0 Å². The van der Waals surface area contributed by atoms with E-state index in [0.717, 1.165) is 0 Å². The molecule has 1 amide bonds. The van der Waals surface area contributed by atoms with E-state index in [4.69, 9.17) is 5.73 Å². The normalized spacial score (nSPS) is 10.7. The minimum Gasteiger partial charge on any atom is -0.334 e. The number of aryl methyl sites for hydroxylation is 1. The molecule has 0 saturated heterocycles. The Hall–Kier alpha value is -1.36. The van der Waals surface area contributed by atoms with Gasteiger partial charge in [-0.25, -0.2) is 4.98 Å². The summed E-state index contributed by atoms with van der Waals surface area (Å²) in [4.78, 5) is 17.7. The largest absolute Gasteiger partial charge is 0.334 e. The van der Waals surface area contributed by atoms with Gasteiger partial charge in [0.15, 0.2) is 0 Å². The summed E-state index contributed by atoms with van der Waals surface area (Å²) in [5.74, 6) is -0.0181. The van der Waals surface area contributed by atoms with E-state index < -0.39 is 0 Å². The van der Waals surface area contributed by atoms with Crippen molar-refractivity contribution >= 4 is 5.91 Å². The molecule has 1 aromatic rings. The average molecular weight is 210 g/mol. The number of aromatic nitrogens is 2. The van der Waals surface area contributed by atoms with Crippen LogP contribution in [0.4, 0.5) is 0 Å². The van der Waals surface area contributed by atoms with E-state index in [0.29, 0.717) is 18.8 Å². The Morgan fingerprint density at radius 1 is 1.67 bits per heavy atom. The highest BCUT2D eigenvalue weighted by Gasteiger charge is 2.20. The molecular formula is C10H18N4O. The predicted octanol–water partition coefficient (Wildman–Crippen LogP) is 0.229. The van der Waals surface area contributed by atoms with Gasteiger partial charge in [0.25, 0.3) is 5.91 Å². The first-order valence-corrected chi connectivity index (χ1v) is 5.05. The number of hydrogen-bond acceptors (Lipinski definition) is 3. The fourth-order valence-corrected chi connectivity index (χ4v) is 1.44. The summed E-state index contributed by atoms with van der Waals surface area (Å²) in [5, 5.41) is 0. The summed E-state index contributed by atoms with van der Waals surface area (Å²) >= 11 is 0. The number of carbonyl (C=O) groups is 1. The first kappa shape index (κ1) is 11.7. The van der Waals surface area contributed by atoms with Gasteiger partial charge >= 0.3 is 0 Å². The summed E-state index contributed by atoms with van der Waals surface area (Å²) in [7, 11) is 1.81. The van der Waals surface area contributed by atoms with Crippen molar-refractivity contribution in [3.05, 3.63) is 18.2 Å². The molecule has 1 aromatic heterocycles. The lowest BCUT2D eigenvalue weighted by Crippen LogP contribution is -2.41. The van der Waals surface area contributed by atoms with Crippen LogP contribution in [0.3, 0.4) is 0 Å². The zero-order valence-corrected chi connectivity index (χ0v) is 9.47. The maximum atomic E-state index is 12.1. The van der Waals surface area contributed by atoms with E-state index >= 15 is 0 Å². The quantitative estimate of drug-likeness (QED) is 0.773. The Balaban J connectivity index is 2.86. The third-order valence-electron chi connectivity index (χ3n) is 2.29. The lowest BCUT2D eigenvalue weighted by Gasteiger charge is -2.26. The Bertz CT molecular complexity index is 332. The molecule has 0 aromatic carbocycles. The smallest absolute Gasteiger partial charge is 0.272 e. The summed E-state index contributed by atoms with van der Waals surface area (Å²) in [6.07, 6.45) is 3.20. The third kappa shape index (κ3) is 2.56. The van der Waals surface area contributed by atoms with Gasteiger partial charge in [0.2, 0.25) is 0 Å². The monoisotopic (exact) mass is 210 g/mol. The summed E-state index contributed by atoms with van der Waals surface area (Å²) < 4.78 is 1.72. The van der Waals surface area contributed by atoms with Gasteiger partial charge in [-0.15, -0.1) is 0 Å². The minimum atomic E-state index is -0.0181. The molecule has 5 nitrogen and oxygen atoms in total. The molecule has 0 bridgehead atoms. The summed E-state index contributed by atoms with van der Waals surface area (Å²) in [6.45, 7) is 5.00. The molecule has 0 radical (unpaired) electrons. The molecule has 0 unspecified atom stereocenters. The molecule has 0 aliphatic rings. The van der Waals surface area contributed by atoms with Crippen LogP contribution in [-0.2, 0) is 7.05 Å². The maximum Gasteiger partial charge on any atom is 0.272 e. The first-order chi connectivity index (χ1) is 7.07. The van der Waals surface area contributed by atoms with Gasteiger partial charge in [-0.1, -0.05) is 0 Å². The van der Waals surface area contributed by atoms with Crippen LogP contribution in [0.25, 0.3) is 0 Å². The predicted molar refractivity (Wildman–Crippen MR) is 58.4 cm³/mol. The Morgan fingerprint density at radius 3 is 2.73 bits per heavy atom. The van der Waals surface area contributed by atoms with Crippen LogP contribution in [0.1, 0.15) is 24.3 Å². The van der Waals surface area contributed by atoms with Crippen molar-refractivity contribution in [2.75, 3.05) is 13.1 Å². The van der Waals surface area contributed by atoms with Crippen molar-refractivity contribution in [1.29, 1.82) is 0 Å². The fraction of sp³-hybridized carbons (Fsp3) is 0.600. The molecule has 1 heterocycles. The van der Waals surface area contributed by atoms with Crippen molar-refractivity contribution in [1.82, 2.24) is 14.5 Å². The molecule has 15 heavy (non-hydrogen) atoms. The first-order valence-electron chi connectivity index (χ1n) is 5.05. The van der Waals surface area contributed by atoms with Crippen LogP contribution < -0.4 is 5.73 Å². The fourth-order valence-electron chi connectivity index (χ4n) is 1.44. The Morgan fingerprint density at radius 2 is 2.33 bits per heavy atom. The number of carbonyl (C=O) groups excluding carboxylic acids is 1. The second-order valence-corrected chi connectivity index (χ2v) is 3.77. The Labute approximate surface area is 89.9 Å².